The summed E-state index contributed by atoms with van der Waals surface area (Å²) in [7, 11) is -3.99. The molecule has 2 heterocycles. The lowest BCUT2D eigenvalue weighted by Crippen LogP contribution is -2.55. The molecular formula is C21H23N3O4S. The van der Waals surface area contributed by atoms with E-state index >= 15 is 0 Å². The molecule has 0 spiro atoms. The van der Waals surface area contributed by atoms with E-state index in [4.69, 9.17) is 4.74 Å². The van der Waals surface area contributed by atoms with Gasteiger partial charge in [0.2, 0.25) is 0 Å². The monoisotopic (exact) mass is 413 g/mol. The van der Waals surface area contributed by atoms with Gasteiger partial charge in [0.1, 0.15) is 11.9 Å². The summed E-state index contributed by atoms with van der Waals surface area (Å²) in [6.07, 6.45) is -0.371. The first-order valence-electron chi connectivity index (χ1n) is 9.49. The van der Waals surface area contributed by atoms with Crippen LogP contribution in [0.1, 0.15) is 31.4 Å². The van der Waals surface area contributed by atoms with Crippen LogP contribution in [0.5, 0.6) is 0 Å². The van der Waals surface area contributed by atoms with Crippen LogP contribution >= 0.6 is 0 Å². The fraction of sp³-hybridized carbons (Fsp3) is 0.333. The Morgan fingerprint density at radius 2 is 1.93 bits per heavy atom. The molecule has 0 amide bonds. The molecule has 0 aromatic heterocycles. The van der Waals surface area contributed by atoms with Crippen LogP contribution in [0.3, 0.4) is 0 Å². The van der Waals surface area contributed by atoms with E-state index in [0.29, 0.717) is 0 Å². The summed E-state index contributed by atoms with van der Waals surface area (Å²) in [6.45, 7) is 5.74. The lowest BCUT2D eigenvalue weighted by atomic mass is 9.76. The maximum atomic E-state index is 13.5. The second-order valence-electron chi connectivity index (χ2n) is 7.54. The highest BCUT2D eigenvalue weighted by molar-refractivity contribution is 7.89. The maximum Gasteiger partial charge on any atom is 0.354 e. The lowest BCUT2D eigenvalue weighted by Gasteiger charge is -2.41. The van der Waals surface area contributed by atoms with Gasteiger partial charge in [-0.1, -0.05) is 42.8 Å². The third-order valence-electron chi connectivity index (χ3n) is 5.49. The molecule has 1 N–H and O–H groups in total. The number of sulfonamides is 1. The summed E-state index contributed by atoms with van der Waals surface area (Å²) < 4.78 is 33.1. The van der Waals surface area contributed by atoms with E-state index in [1.54, 1.807) is 31.2 Å². The zero-order valence-corrected chi connectivity index (χ0v) is 17.4. The summed E-state index contributed by atoms with van der Waals surface area (Å²) in [5, 5.41) is 7.56. The molecule has 4 rings (SSSR count). The van der Waals surface area contributed by atoms with E-state index in [2.05, 4.69) is 10.4 Å². The van der Waals surface area contributed by atoms with Gasteiger partial charge in [0, 0.05) is 17.5 Å². The molecular weight excluding hydrogens is 390 g/mol. The third kappa shape index (κ3) is 3.07. The lowest BCUT2D eigenvalue weighted by molar-refractivity contribution is -0.135. The Kier molecular flexibility index (Phi) is 4.61. The Morgan fingerprint density at radius 3 is 2.62 bits per heavy atom. The number of carbonyl (C=O) groups is 1. The minimum absolute atomic E-state index is 0.0970. The molecule has 29 heavy (non-hydrogen) atoms. The fourth-order valence-corrected chi connectivity index (χ4v) is 5.41. The maximum absolute atomic E-state index is 13.5. The molecule has 2 unspecified atom stereocenters. The number of hydrogen-bond acceptors (Lipinski definition) is 6. The molecule has 0 fully saturated rings. The zero-order chi connectivity index (χ0) is 20.8. The SMILES string of the molecule is CCOC(=O)C1=NN(S(=O)(=O)c2ccc(C)cc2)C2Nc3ccccc3C2(C)C1. The second kappa shape index (κ2) is 6.88. The molecule has 2 aliphatic rings. The van der Waals surface area contributed by atoms with E-state index in [0.717, 1.165) is 21.2 Å². The Bertz CT molecular complexity index is 1100. The number of ether oxygens (including phenoxy) is 1. The quantitative estimate of drug-likeness (QED) is 0.779. The Balaban J connectivity index is 1.86. The van der Waals surface area contributed by atoms with E-state index in [1.807, 2.05) is 38.1 Å². The van der Waals surface area contributed by atoms with Crippen molar-refractivity contribution < 1.29 is 17.9 Å². The minimum atomic E-state index is -3.99. The van der Waals surface area contributed by atoms with Crippen molar-refractivity contribution in [3.63, 3.8) is 0 Å². The number of aryl methyl sites for hydroxylation is 1. The first-order valence-corrected chi connectivity index (χ1v) is 10.9. The van der Waals surface area contributed by atoms with Gasteiger partial charge in [-0.2, -0.15) is 17.9 Å². The van der Waals surface area contributed by atoms with Crippen LogP contribution in [-0.2, 0) is 25.0 Å². The van der Waals surface area contributed by atoms with Crippen LogP contribution in [0.4, 0.5) is 5.69 Å². The standard InChI is InChI=1S/C21H23N3O4S/c1-4-28-19(25)18-13-21(3)16-7-5-6-8-17(16)22-20(21)24(23-18)29(26,27)15-11-9-14(2)10-12-15/h5-12,20,22H,4,13H2,1-3H3. The highest BCUT2D eigenvalue weighted by atomic mass is 32.2. The smallest absolute Gasteiger partial charge is 0.354 e. The van der Waals surface area contributed by atoms with Gasteiger partial charge in [0.25, 0.3) is 10.0 Å². The first-order chi connectivity index (χ1) is 13.8. The van der Waals surface area contributed by atoms with Gasteiger partial charge in [0.05, 0.1) is 11.5 Å². The summed E-state index contributed by atoms with van der Waals surface area (Å²) >= 11 is 0. The van der Waals surface area contributed by atoms with Gasteiger partial charge >= 0.3 is 5.97 Å². The number of hydrazone groups is 1. The van der Waals surface area contributed by atoms with Crippen LogP contribution < -0.4 is 5.32 Å². The minimum Gasteiger partial charge on any atom is -0.461 e. The number of nitrogens with zero attached hydrogens (tertiary/aromatic N) is 2. The summed E-state index contributed by atoms with van der Waals surface area (Å²) in [6, 6.07) is 14.2. The third-order valence-corrected chi connectivity index (χ3v) is 7.14. The number of esters is 1. The molecule has 2 aliphatic heterocycles. The highest BCUT2D eigenvalue weighted by Gasteiger charge is 2.53. The van der Waals surface area contributed by atoms with Gasteiger partial charge in [-0.25, -0.2) is 4.79 Å². The Morgan fingerprint density at radius 1 is 1.24 bits per heavy atom. The summed E-state index contributed by atoms with van der Waals surface area (Å²) in [4.78, 5) is 12.6. The van der Waals surface area contributed by atoms with Gasteiger partial charge in [-0.05, 0) is 37.6 Å². The van der Waals surface area contributed by atoms with Crippen molar-refractivity contribution in [1.29, 1.82) is 0 Å². The molecule has 0 saturated heterocycles. The van der Waals surface area contributed by atoms with Crippen molar-refractivity contribution in [3.05, 3.63) is 59.7 Å². The van der Waals surface area contributed by atoms with Crippen LogP contribution in [0.15, 0.2) is 58.5 Å². The summed E-state index contributed by atoms with van der Waals surface area (Å²) in [5.74, 6) is -0.597. The van der Waals surface area contributed by atoms with Crippen molar-refractivity contribution in [3.8, 4) is 0 Å². The highest BCUT2D eigenvalue weighted by Crippen LogP contribution is 2.48. The molecule has 2 atom stereocenters. The number of anilines is 1. The predicted molar refractivity (Wildman–Crippen MR) is 110 cm³/mol. The molecule has 0 saturated carbocycles. The molecule has 0 bridgehead atoms. The van der Waals surface area contributed by atoms with Gasteiger partial charge in [-0.3, -0.25) is 0 Å². The number of rotatable bonds is 4. The van der Waals surface area contributed by atoms with Gasteiger partial charge in [-0.15, -0.1) is 0 Å². The van der Waals surface area contributed by atoms with Crippen LogP contribution in [0.25, 0.3) is 0 Å². The van der Waals surface area contributed by atoms with Crippen molar-refractivity contribution in [2.75, 3.05) is 11.9 Å². The Hall–Kier alpha value is -2.87. The van der Waals surface area contributed by atoms with E-state index < -0.39 is 27.6 Å². The van der Waals surface area contributed by atoms with Gasteiger partial charge in [0.15, 0.2) is 0 Å². The zero-order valence-electron chi connectivity index (χ0n) is 16.5. The topological polar surface area (TPSA) is 88.1 Å². The molecule has 152 valence electrons. The number of fused-ring (bicyclic) bond motifs is 3. The molecule has 0 aliphatic carbocycles. The second-order valence-corrected chi connectivity index (χ2v) is 9.34. The number of nitrogens with one attached hydrogen (secondary N) is 1. The largest absolute Gasteiger partial charge is 0.461 e. The number of benzene rings is 2. The summed E-state index contributed by atoms with van der Waals surface area (Å²) in [5.41, 5.74) is 2.17. The van der Waals surface area contributed by atoms with E-state index in [9.17, 15) is 13.2 Å². The number of para-hydroxylation sites is 1. The van der Waals surface area contributed by atoms with E-state index in [1.165, 1.54) is 0 Å². The average molecular weight is 413 g/mol. The molecule has 7 nitrogen and oxygen atoms in total. The van der Waals surface area contributed by atoms with Crippen molar-refractivity contribution in [2.24, 2.45) is 5.10 Å². The number of hydrogen-bond donors (Lipinski definition) is 1. The molecule has 2 aromatic carbocycles. The van der Waals surface area contributed by atoms with Crippen molar-refractivity contribution in [2.45, 2.75) is 43.7 Å². The molecule has 8 heteroatoms. The van der Waals surface area contributed by atoms with Crippen molar-refractivity contribution in [1.82, 2.24) is 4.41 Å². The normalized spacial score (nSPS) is 22.9. The van der Waals surface area contributed by atoms with Crippen LogP contribution in [0, 0.1) is 6.92 Å². The van der Waals surface area contributed by atoms with Crippen LogP contribution in [-0.4, -0.2) is 37.3 Å². The van der Waals surface area contributed by atoms with Crippen LogP contribution in [0.2, 0.25) is 0 Å². The predicted octanol–water partition coefficient (Wildman–Crippen LogP) is 3.02. The Labute approximate surface area is 170 Å². The molecule has 2 aromatic rings. The average Bonchev–Trinajstić information content (AvgIpc) is 3.00. The van der Waals surface area contributed by atoms with E-state index in [-0.39, 0.29) is 23.6 Å². The number of carbonyl (C=O) groups excluding carboxylic acids is 1. The molecule has 0 radical (unpaired) electrons. The first kappa shape index (κ1) is 19.4. The van der Waals surface area contributed by atoms with Gasteiger partial charge < -0.3 is 10.1 Å². The fourth-order valence-electron chi connectivity index (χ4n) is 3.95. The van der Waals surface area contributed by atoms with Crippen molar-refractivity contribution >= 4 is 27.4 Å².